The molecule has 0 saturated heterocycles. The highest BCUT2D eigenvalue weighted by atomic mass is 79.9. The quantitative estimate of drug-likeness (QED) is 0.353. The molecule has 0 atom stereocenters. The van der Waals surface area contributed by atoms with Gasteiger partial charge in [0.25, 0.3) is 6.01 Å². The third kappa shape index (κ3) is 3.43. The van der Waals surface area contributed by atoms with E-state index in [-0.39, 0.29) is 5.54 Å². The maximum absolute atomic E-state index is 5.86. The molecule has 0 radical (unpaired) electrons. The number of nitrogens with one attached hydrogen (secondary N) is 2. The molecule has 0 fully saturated rings. The number of benzene rings is 1. The second-order valence-electron chi connectivity index (χ2n) is 8.83. The Hall–Kier alpha value is -3.46. The Morgan fingerprint density at radius 3 is 2.94 bits per heavy atom. The molecule has 2 N–H and O–H groups in total. The molecule has 5 aromatic rings. The largest absolute Gasteiger partial charge is 0.462 e. The lowest BCUT2D eigenvalue weighted by molar-refractivity contribution is 0.268. The van der Waals surface area contributed by atoms with E-state index in [1.165, 1.54) is 10.9 Å². The van der Waals surface area contributed by atoms with Gasteiger partial charge >= 0.3 is 0 Å². The van der Waals surface area contributed by atoms with Gasteiger partial charge in [0, 0.05) is 46.1 Å². The maximum Gasteiger partial charge on any atom is 0.299 e. The molecular formula is C24H22BrN7O. The van der Waals surface area contributed by atoms with E-state index < -0.39 is 0 Å². The van der Waals surface area contributed by atoms with Crippen molar-refractivity contribution in [2.75, 3.05) is 18.5 Å². The van der Waals surface area contributed by atoms with Crippen LogP contribution in [0.1, 0.15) is 19.4 Å². The first kappa shape index (κ1) is 20.2. The first-order valence-corrected chi connectivity index (χ1v) is 11.6. The van der Waals surface area contributed by atoms with Gasteiger partial charge in [-0.2, -0.15) is 4.98 Å². The fourth-order valence-corrected chi connectivity index (χ4v) is 4.69. The van der Waals surface area contributed by atoms with E-state index >= 15 is 0 Å². The first-order valence-electron chi connectivity index (χ1n) is 10.8. The van der Waals surface area contributed by atoms with Crippen LogP contribution in [0, 0.1) is 0 Å². The number of halogens is 1. The second-order valence-corrected chi connectivity index (χ2v) is 9.74. The fraction of sp³-hybridized carbons (Fsp3) is 0.250. The molecule has 6 rings (SSSR count). The molecule has 1 aromatic carbocycles. The Morgan fingerprint density at radius 2 is 2.06 bits per heavy atom. The van der Waals surface area contributed by atoms with Crippen molar-refractivity contribution in [2.45, 2.75) is 25.8 Å². The van der Waals surface area contributed by atoms with Crippen molar-refractivity contribution in [2.24, 2.45) is 0 Å². The molecule has 1 aliphatic heterocycles. The van der Waals surface area contributed by atoms with Crippen LogP contribution < -0.4 is 10.1 Å². The lowest BCUT2D eigenvalue weighted by Crippen LogP contribution is -2.25. The number of aromatic amines is 1. The van der Waals surface area contributed by atoms with Gasteiger partial charge in [0.15, 0.2) is 22.8 Å². The molecule has 8 nitrogen and oxygen atoms in total. The number of nitrogens with zero attached hydrogens (tertiary/aromatic N) is 5. The van der Waals surface area contributed by atoms with Gasteiger partial charge < -0.3 is 15.0 Å². The van der Waals surface area contributed by atoms with Crippen molar-refractivity contribution in [3.63, 3.8) is 0 Å². The van der Waals surface area contributed by atoms with E-state index in [1.54, 1.807) is 12.4 Å². The average molecular weight is 504 g/mol. The van der Waals surface area contributed by atoms with E-state index in [9.17, 15) is 0 Å². The van der Waals surface area contributed by atoms with Crippen molar-refractivity contribution < 1.29 is 4.74 Å². The number of rotatable bonds is 5. The summed E-state index contributed by atoms with van der Waals surface area (Å²) in [7, 11) is 0. The van der Waals surface area contributed by atoms with Gasteiger partial charge in [-0.25, -0.2) is 9.97 Å². The van der Waals surface area contributed by atoms with Gasteiger partial charge in [0.2, 0.25) is 0 Å². The van der Waals surface area contributed by atoms with Gasteiger partial charge in [0.1, 0.15) is 6.61 Å². The highest BCUT2D eigenvalue weighted by Gasteiger charge is 2.36. The summed E-state index contributed by atoms with van der Waals surface area (Å²) in [6, 6.07) is 10.9. The van der Waals surface area contributed by atoms with Crippen LogP contribution in [0.15, 0.2) is 53.4 Å². The van der Waals surface area contributed by atoms with Crippen molar-refractivity contribution in [1.29, 1.82) is 0 Å². The van der Waals surface area contributed by atoms with Crippen LogP contribution in [0.5, 0.6) is 6.01 Å². The number of hydrogen-bond acceptors (Lipinski definition) is 6. The molecule has 5 heterocycles. The molecule has 0 aliphatic carbocycles. The van der Waals surface area contributed by atoms with Crippen LogP contribution in [-0.2, 0) is 12.0 Å². The lowest BCUT2D eigenvalue weighted by atomic mass is 10.1. The van der Waals surface area contributed by atoms with Crippen molar-refractivity contribution in [3.05, 3.63) is 59.0 Å². The van der Waals surface area contributed by atoms with E-state index in [2.05, 4.69) is 74.0 Å². The van der Waals surface area contributed by atoms with E-state index in [1.807, 2.05) is 12.1 Å². The minimum absolute atomic E-state index is 0.244. The number of pyridine rings is 1. The number of hydrogen-bond donors (Lipinski definition) is 2. The number of fused-ring (bicyclic) bond motifs is 4. The molecule has 0 unspecified atom stereocenters. The SMILES string of the molecule is CC1(C)COc2nc3c(NCCc4c[nH]c5ccccc45)nc(-c4cncc(Br)c4)nc3n21. The number of aromatic nitrogens is 6. The topological polar surface area (TPSA) is 93.5 Å². The average Bonchev–Trinajstić information content (AvgIpc) is 3.47. The minimum Gasteiger partial charge on any atom is -0.462 e. The van der Waals surface area contributed by atoms with Crippen molar-refractivity contribution in [1.82, 2.24) is 29.5 Å². The summed E-state index contributed by atoms with van der Waals surface area (Å²) in [5, 5.41) is 4.74. The predicted octanol–water partition coefficient (Wildman–Crippen LogP) is 4.91. The Balaban J connectivity index is 1.39. The minimum atomic E-state index is -0.244. The Bertz CT molecular complexity index is 1500. The normalized spacial score (nSPS) is 14.5. The predicted molar refractivity (Wildman–Crippen MR) is 132 cm³/mol. The second kappa shape index (κ2) is 7.55. The van der Waals surface area contributed by atoms with Crippen molar-refractivity contribution >= 4 is 43.8 Å². The van der Waals surface area contributed by atoms with Gasteiger partial charge in [-0.05, 0) is 53.9 Å². The number of para-hydroxylation sites is 1. The summed E-state index contributed by atoms with van der Waals surface area (Å²) in [4.78, 5) is 22.1. The zero-order chi connectivity index (χ0) is 22.6. The molecular weight excluding hydrogens is 482 g/mol. The van der Waals surface area contributed by atoms with Crippen LogP contribution in [0.4, 0.5) is 5.82 Å². The zero-order valence-electron chi connectivity index (χ0n) is 18.3. The summed E-state index contributed by atoms with van der Waals surface area (Å²) in [6.07, 6.45) is 6.43. The van der Waals surface area contributed by atoms with Gasteiger partial charge in [0.05, 0.1) is 5.54 Å². The maximum atomic E-state index is 5.86. The molecule has 0 amide bonds. The third-order valence-corrected chi connectivity index (χ3v) is 6.39. The summed E-state index contributed by atoms with van der Waals surface area (Å²) >= 11 is 3.50. The van der Waals surface area contributed by atoms with Crippen LogP contribution in [0.25, 0.3) is 33.5 Å². The van der Waals surface area contributed by atoms with Crippen LogP contribution in [-0.4, -0.2) is 42.6 Å². The number of H-pyrrole nitrogens is 1. The fourth-order valence-electron chi connectivity index (χ4n) is 4.33. The highest BCUT2D eigenvalue weighted by Crippen LogP contribution is 2.37. The summed E-state index contributed by atoms with van der Waals surface area (Å²) in [5.74, 6) is 1.28. The molecule has 166 valence electrons. The molecule has 0 saturated carbocycles. The molecule has 0 spiro atoms. The monoisotopic (exact) mass is 503 g/mol. The van der Waals surface area contributed by atoms with Gasteiger partial charge in [-0.15, -0.1) is 0 Å². The molecule has 33 heavy (non-hydrogen) atoms. The molecule has 4 aromatic heterocycles. The van der Waals surface area contributed by atoms with E-state index in [0.717, 1.165) is 27.6 Å². The number of imidazole rings is 1. The van der Waals surface area contributed by atoms with Crippen LogP contribution in [0.2, 0.25) is 0 Å². The summed E-state index contributed by atoms with van der Waals surface area (Å²) in [6.45, 7) is 5.51. The van der Waals surface area contributed by atoms with Gasteiger partial charge in [-0.3, -0.25) is 9.55 Å². The molecule has 0 bridgehead atoms. The Labute approximate surface area is 198 Å². The third-order valence-electron chi connectivity index (χ3n) is 5.96. The molecule has 1 aliphatic rings. The first-order chi connectivity index (χ1) is 16.0. The highest BCUT2D eigenvalue weighted by molar-refractivity contribution is 9.10. The van der Waals surface area contributed by atoms with Crippen LogP contribution >= 0.6 is 15.9 Å². The zero-order valence-corrected chi connectivity index (χ0v) is 19.8. The summed E-state index contributed by atoms with van der Waals surface area (Å²) < 4.78 is 8.80. The number of anilines is 1. The Morgan fingerprint density at radius 1 is 1.18 bits per heavy atom. The van der Waals surface area contributed by atoms with E-state index in [4.69, 9.17) is 19.7 Å². The van der Waals surface area contributed by atoms with Gasteiger partial charge in [-0.1, -0.05) is 18.2 Å². The van der Waals surface area contributed by atoms with Crippen molar-refractivity contribution in [3.8, 4) is 17.4 Å². The smallest absolute Gasteiger partial charge is 0.299 e. The van der Waals surface area contributed by atoms with E-state index in [0.29, 0.717) is 36.3 Å². The lowest BCUT2D eigenvalue weighted by Gasteiger charge is -2.18. The Kier molecular flexibility index (Phi) is 4.62. The summed E-state index contributed by atoms with van der Waals surface area (Å²) in [5.41, 5.74) is 4.46. The standard InChI is InChI=1S/C24H22BrN7O/c1-24(2)13-33-23-29-19-21(27-8-7-14-11-28-18-6-4-3-5-17(14)18)30-20(31-22(19)32(23)24)15-9-16(25)12-26-10-15/h3-6,9-12,28H,7-8,13H2,1-2H3,(H,27,30,31). The van der Waals surface area contributed by atoms with Crippen LogP contribution in [0.3, 0.4) is 0 Å². The number of ether oxygens (including phenoxy) is 1. The molecule has 9 heteroatoms.